The van der Waals surface area contributed by atoms with Crippen LogP contribution in [-0.4, -0.2) is 21.0 Å². The van der Waals surface area contributed by atoms with Crippen molar-refractivity contribution in [3.05, 3.63) is 68.7 Å². The van der Waals surface area contributed by atoms with E-state index >= 15 is 0 Å². The highest BCUT2D eigenvalue weighted by Crippen LogP contribution is 2.24. The highest BCUT2D eigenvalue weighted by atomic mass is 19.1. The van der Waals surface area contributed by atoms with Crippen molar-refractivity contribution in [1.82, 2.24) is 20.4 Å². The normalized spacial score (nSPS) is 16.0. The topological polar surface area (TPSA) is 101 Å². The van der Waals surface area contributed by atoms with Crippen molar-refractivity contribution >= 4 is 5.91 Å². The Bertz CT molecular complexity index is 1110. The molecule has 8 heteroatoms. The van der Waals surface area contributed by atoms with Gasteiger partial charge < -0.3 is 14.8 Å². The highest BCUT2D eigenvalue weighted by Gasteiger charge is 2.25. The van der Waals surface area contributed by atoms with Crippen LogP contribution in [0.5, 0.6) is 0 Å². The van der Waals surface area contributed by atoms with Crippen molar-refractivity contribution in [2.75, 3.05) is 0 Å². The van der Waals surface area contributed by atoms with Gasteiger partial charge in [0, 0.05) is 29.2 Å². The molecule has 2 N–H and O–H groups in total. The van der Waals surface area contributed by atoms with Gasteiger partial charge in [-0.1, -0.05) is 5.16 Å². The maximum atomic E-state index is 13.2. The van der Waals surface area contributed by atoms with Crippen molar-refractivity contribution < 1.29 is 13.7 Å². The molecule has 1 aliphatic rings. The summed E-state index contributed by atoms with van der Waals surface area (Å²) in [6.45, 7) is 4.04. The Labute approximate surface area is 172 Å². The molecular weight excluding hydrogens is 387 g/mol. The maximum Gasteiger partial charge on any atom is 0.254 e. The number of fused-ring (bicyclic) bond motifs is 1. The van der Waals surface area contributed by atoms with Gasteiger partial charge in [-0.15, -0.1) is 0 Å². The molecule has 0 spiro atoms. The first-order valence-electron chi connectivity index (χ1n) is 10.00. The van der Waals surface area contributed by atoms with Crippen molar-refractivity contribution in [2.45, 2.75) is 46.1 Å². The average molecular weight is 410 g/mol. The SMILES string of the molecule is Cc1noc(C)c1CNC(=O)C1CCc2nc(-c3ccc(F)cc3)[nH]c(=O)c2CC1. The zero-order valence-corrected chi connectivity index (χ0v) is 16.9. The van der Waals surface area contributed by atoms with Gasteiger partial charge in [0.1, 0.15) is 17.4 Å². The lowest BCUT2D eigenvalue weighted by atomic mass is 9.98. The van der Waals surface area contributed by atoms with Gasteiger partial charge in [-0.2, -0.15) is 0 Å². The van der Waals surface area contributed by atoms with E-state index in [0.717, 1.165) is 11.3 Å². The Kier molecular flexibility index (Phi) is 5.48. The average Bonchev–Trinajstić information content (AvgIpc) is 2.92. The Hall–Kier alpha value is -3.29. The lowest BCUT2D eigenvalue weighted by Crippen LogP contribution is -2.30. The van der Waals surface area contributed by atoms with Crippen LogP contribution >= 0.6 is 0 Å². The van der Waals surface area contributed by atoms with Crippen LogP contribution in [0.1, 0.15) is 41.1 Å². The van der Waals surface area contributed by atoms with E-state index in [2.05, 4.69) is 20.4 Å². The fourth-order valence-corrected chi connectivity index (χ4v) is 3.86. The minimum absolute atomic E-state index is 0.0435. The van der Waals surface area contributed by atoms with E-state index in [9.17, 15) is 14.0 Å². The molecule has 1 aromatic carbocycles. The Morgan fingerprint density at radius 1 is 1.23 bits per heavy atom. The van der Waals surface area contributed by atoms with E-state index in [1.54, 1.807) is 12.1 Å². The van der Waals surface area contributed by atoms with Gasteiger partial charge in [0.2, 0.25) is 5.91 Å². The fraction of sp³-hybridized carbons (Fsp3) is 0.364. The number of nitrogens with zero attached hydrogens (tertiary/aromatic N) is 2. The van der Waals surface area contributed by atoms with E-state index < -0.39 is 0 Å². The van der Waals surface area contributed by atoms with Gasteiger partial charge in [0.25, 0.3) is 5.56 Å². The first kappa shape index (κ1) is 20.0. The molecule has 1 aliphatic carbocycles. The molecule has 0 radical (unpaired) electrons. The molecule has 2 heterocycles. The van der Waals surface area contributed by atoms with Gasteiger partial charge in [-0.3, -0.25) is 9.59 Å². The second kappa shape index (κ2) is 8.22. The van der Waals surface area contributed by atoms with Gasteiger partial charge in [0.15, 0.2) is 0 Å². The smallest absolute Gasteiger partial charge is 0.254 e. The molecule has 0 aliphatic heterocycles. The first-order chi connectivity index (χ1) is 14.4. The minimum Gasteiger partial charge on any atom is -0.361 e. The third-order valence-electron chi connectivity index (χ3n) is 5.68. The molecule has 0 bridgehead atoms. The van der Waals surface area contributed by atoms with Crippen LogP contribution in [0.3, 0.4) is 0 Å². The van der Waals surface area contributed by atoms with Crippen molar-refractivity contribution in [2.24, 2.45) is 5.92 Å². The first-order valence-corrected chi connectivity index (χ1v) is 10.00. The Morgan fingerprint density at radius 2 is 1.97 bits per heavy atom. The van der Waals surface area contributed by atoms with E-state index in [0.29, 0.717) is 60.6 Å². The van der Waals surface area contributed by atoms with Crippen LogP contribution in [0.2, 0.25) is 0 Å². The molecule has 7 nitrogen and oxygen atoms in total. The monoisotopic (exact) mass is 410 g/mol. The van der Waals surface area contributed by atoms with E-state index in [4.69, 9.17) is 4.52 Å². The summed E-state index contributed by atoms with van der Waals surface area (Å²) in [6, 6.07) is 5.84. The number of amides is 1. The molecule has 0 saturated heterocycles. The van der Waals surface area contributed by atoms with Crippen LogP contribution in [0.25, 0.3) is 11.4 Å². The number of aromatic nitrogens is 3. The van der Waals surface area contributed by atoms with Crippen molar-refractivity contribution in [1.29, 1.82) is 0 Å². The Morgan fingerprint density at radius 3 is 2.67 bits per heavy atom. The number of hydrogen-bond acceptors (Lipinski definition) is 5. The molecule has 1 atom stereocenters. The Balaban J connectivity index is 1.47. The second-order valence-electron chi connectivity index (χ2n) is 7.64. The predicted octanol–water partition coefficient (Wildman–Crippen LogP) is 2.99. The van der Waals surface area contributed by atoms with Crippen LogP contribution in [0, 0.1) is 25.6 Å². The van der Waals surface area contributed by atoms with Crippen LogP contribution in [-0.2, 0) is 24.2 Å². The summed E-state index contributed by atoms with van der Waals surface area (Å²) < 4.78 is 18.3. The van der Waals surface area contributed by atoms with E-state index in [-0.39, 0.29) is 23.2 Å². The number of aromatic amines is 1. The van der Waals surface area contributed by atoms with Crippen LogP contribution in [0.15, 0.2) is 33.6 Å². The molecule has 156 valence electrons. The van der Waals surface area contributed by atoms with Crippen LogP contribution < -0.4 is 10.9 Å². The van der Waals surface area contributed by atoms with Gasteiger partial charge >= 0.3 is 0 Å². The molecule has 3 aromatic rings. The molecule has 4 rings (SSSR count). The molecule has 2 aromatic heterocycles. The van der Waals surface area contributed by atoms with Crippen molar-refractivity contribution in [3.8, 4) is 11.4 Å². The number of nitrogens with one attached hydrogen (secondary N) is 2. The lowest BCUT2D eigenvalue weighted by Gasteiger charge is -2.13. The minimum atomic E-state index is -0.346. The van der Waals surface area contributed by atoms with E-state index in [1.807, 2.05) is 13.8 Å². The molecule has 30 heavy (non-hydrogen) atoms. The summed E-state index contributed by atoms with van der Waals surface area (Å²) in [6.07, 6.45) is 2.22. The third kappa shape index (κ3) is 4.03. The summed E-state index contributed by atoms with van der Waals surface area (Å²) in [5, 5.41) is 6.87. The summed E-state index contributed by atoms with van der Waals surface area (Å²) in [4.78, 5) is 32.7. The largest absolute Gasteiger partial charge is 0.361 e. The summed E-state index contributed by atoms with van der Waals surface area (Å²) in [5.41, 5.74) is 3.44. The fourth-order valence-electron chi connectivity index (χ4n) is 3.86. The summed E-state index contributed by atoms with van der Waals surface area (Å²) in [7, 11) is 0. The number of hydrogen-bond donors (Lipinski definition) is 2. The van der Waals surface area contributed by atoms with Gasteiger partial charge in [-0.05, 0) is 63.8 Å². The van der Waals surface area contributed by atoms with Gasteiger partial charge in [0.05, 0.1) is 11.4 Å². The quantitative estimate of drug-likeness (QED) is 0.644. The molecular formula is C22H23FN4O3. The standard InChI is InChI=1S/C22H23FN4O3/c1-12-18(13(2)30-27-12)11-24-21(28)15-5-9-17-19(10-6-15)25-20(26-22(17)29)14-3-7-16(23)8-4-14/h3-4,7-8,15H,5-6,9-11H2,1-2H3,(H,24,28)(H,25,26,29). The number of benzene rings is 1. The van der Waals surface area contributed by atoms with Crippen LogP contribution in [0.4, 0.5) is 4.39 Å². The third-order valence-corrected chi connectivity index (χ3v) is 5.68. The highest BCUT2D eigenvalue weighted by molar-refractivity contribution is 5.78. The number of aryl methyl sites for hydroxylation is 3. The molecule has 1 amide bonds. The van der Waals surface area contributed by atoms with Gasteiger partial charge in [-0.25, -0.2) is 9.37 Å². The number of halogens is 1. The number of carbonyl (C=O) groups excluding carboxylic acids is 1. The summed E-state index contributed by atoms with van der Waals surface area (Å²) in [5.74, 6) is 0.526. The second-order valence-corrected chi connectivity index (χ2v) is 7.64. The maximum absolute atomic E-state index is 13.2. The molecule has 0 fully saturated rings. The zero-order valence-electron chi connectivity index (χ0n) is 16.9. The van der Waals surface area contributed by atoms with Crippen molar-refractivity contribution in [3.63, 3.8) is 0 Å². The summed E-state index contributed by atoms with van der Waals surface area (Å²) >= 11 is 0. The predicted molar refractivity (Wildman–Crippen MR) is 108 cm³/mol. The number of carbonyl (C=O) groups is 1. The zero-order chi connectivity index (χ0) is 21.3. The lowest BCUT2D eigenvalue weighted by molar-refractivity contribution is -0.125. The number of H-pyrrole nitrogens is 1. The molecule has 1 unspecified atom stereocenters. The molecule has 0 saturated carbocycles. The van der Waals surface area contributed by atoms with E-state index in [1.165, 1.54) is 12.1 Å². The number of rotatable bonds is 4.